The fourth-order valence-electron chi connectivity index (χ4n) is 3.57. The Kier molecular flexibility index (Phi) is 7.96. The van der Waals surface area contributed by atoms with Gasteiger partial charge in [0.1, 0.15) is 6.10 Å². The highest BCUT2D eigenvalue weighted by Crippen LogP contribution is 2.27. The molecule has 1 amide bonds. The zero-order chi connectivity index (χ0) is 19.9. The number of likely N-dealkylation sites (tertiary alicyclic amines) is 1. The van der Waals surface area contributed by atoms with Crippen LogP contribution < -0.4 is 5.32 Å². The molecule has 1 unspecified atom stereocenters. The van der Waals surface area contributed by atoms with Crippen molar-refractivity contribution in [2.24, 2.45) is 4.99 Å². The van der Waals surface area contributed by atoms with Gasteiger partial charge in [-0.3, -0.25) is 14.7 Å². The topological polar surface area (TPSA) is 71.4 Å². The smallest absolute Gasteiger partial charge is 0.236 e. The van der Waals surface area contributed by atoms with Crippen LogP contribution in [0.5, 0.6) is 0 Å². The molecule has 3 heterocycles. The van der Waals surface area contributed by atoms with Crippen molar-refractivity contribution in [1.29, 1.82) is 0 Å². The largest absolute Gasteiger partial charge is 0.386 e. The molecular formula is C19H30ClN5O2S. The number of nitrogens with zero attached hydrogens (tertiary/aromatic N) is 4. The standard InChI is InChI=1S/C19H30ClN5O2S/c1-2-21-19(22-13-15(26)16-5-6-17(20)28-16)25-11-9-23(10-12-25)14-18(27)24-7-3-4-8-24/h5-6,15,26H,2-4,7-14H2,1H3,(H,21,22). The predicted octanol–water partition coefficient (Wildman–Crippen LogP) is 1.64. The van der Waals surface area contributed by atoms with Crippen molar-refractivity contribution in [3.8, 4) is 0 Å². The SMILES string of the molecule is CCNC(=NCC(O)c1ccc(Cl)s1)N1CCN(CC(=O)N2CCCC2)CC1. The number of guanidine groups is 1. The Hall–Kier alpha value is -1.35. The van der Waals surface area contributed by atoms with Gasteiger partial charge in [0, 0.05) is 50.7 Å². The van der Waals surface area contributed by atoms with Crippen LogP contribution in [0.3, 0.4) is 0 Å². The van der Waals surface area contributed by atoms with Crippen LogP contribution in [0.25, 0.3) is 0 Å². The number of aliphatic imine (C=N–C) groups is 1. The summed E-state index contributed by atoms with van der Waals surface area (Å²) in [5, 5.41) is 13.7. The van der Waals surface area contributed by atoms with Gasteiger partial charge < -0.3 is 20.2 Å². The summed E-state index contributed by atoms with van der Waals surface area (Å²) in [6, 6.07) is 3.64. The van der Waals surface area contributed by atoms with Crippen LogP contribution in [-0.2, 0) is 4.79 Å². The highest BCUT2D eigenvalue weighted by molar-refractivity contribution is 7.16. The first-order valence-corrected chi connectivity index (χ1v) is 11.2. The van der Waals surface area contributed by atoms with E-state index in [9.17, 15) is 9.90 Å². The second kappa shape index (κ2) is 10.4. The molecule has 156 valence electrons. The summed E-state index contributed by atoms with van der Waals surface area (Å²) >= 11 is 7.33. The molecule has 1 aromatic heterocycles. The first kappa shape index (κ1) is 21.4. The number of aliphatic hydroxyl groups excluding tert-OH is 1. The van der Waals surface area contributed by atoms with Crippen molar-refractivity contribution < 1.29 is 9.90 Å². The summed E-state index contributed by atoms with van der Waals surface area (Å²) in [7, 11) is 0. The third kappa shape index (κ3) is 5.83. The lowest BCUT2D eigenvalue weighted by Crippen LogP contribution is -2.54. The van der Waals surface area contributed by atoms with E-state index in [1.807, 2.05) is 17.9 Å². The van der Waals surface area contributed by atoms with Gasteiger partial charge in [-0.1, -0.05) is 11.6 Å². The van der Waals surface area contributed by atoms with Crippen molar-refractivity contribution in [2.75, 3.05) is 58.9 Å². The van der Waals surface area contributed by atoms with Crippen molar-refractivity contribution in [2.45, 2.75) is 25.9 Å². The Morgan fingerprint density at radius 1 is 1.21 bits per heavy atom. The molecule has 0 radical (unpaired) electrons. The Morgan fingerprint density at radius 2 is 1.93 bits per heavy atom. The van der Waals surface area contributed by atoms with Crippen molar-refractivity contribution in [1.82, 2.24) is 20.0 Å². The van der Waals surface area contributed by atoms with Crippen LogP contribution in [0.1, 0.15) is 30.7 Å². The van der Waals surface area contributed by atoms with Crippen LogP contribution in [0.15, 0.2) is 17.1 Å². The lowest BCUT2D eigenvalue weighted by atomic mass is 10.3. The number of thiophene rings is 1. The summed E-state index contributed by atoms with van der Waals surface area (Å²) in [6.07, 6.45) is 1.61. The van der Waals surface area contributed by atoms with E-state index >= 15 is 0 Å². The Bertz CT molecular complexity index is 669. The molecule has 9 heteroatoms. The molecule has 0 spiro atoms. The summed E-state index contributed by atoms with van der Waals surface area (Å²) < 4.78 is 0.671. The predicted molar refractivity (Wildman–Crippen MR) is 114 cm³/mol. The zero-order valence-corrected chi connectivity index (χ0v) is 18.0. The van der Waals surface area contributed by atoms with Crippen LogP contribution in [0, 0.1) is 0 Å². The average Bonchev–Trinajstić information content (AvgIpc) is 3.37. The maximum Gasteiger partial charge on any atom is 0.236 e. The van der Waals surface area contributed by atoms with Crippen LogP contribution >= 0.6 is 22.9 Å². The molecule has 3 rings (SSSR count). The molecule has 2 aliphatic heterocycles. The fraction of sp³-hybridized carbons (Fsp3) is 0.684. The molecule has 7 nitrogen and oxygen atoms in total. The zero-order valence-electron chi connectivity index (χ0n) is 16.4. The summed E-state index contributed by atoms with van der Waals surface area (Å²) in [6.45, 7) is 8.76. The minimum absolute atomic E-state index is 0.254. The second-order valence-corrected chi connectivity index (χ2v) is 8.95. The van der Waals surface area contributed by atoms with E-state index in [1.165, 1.54) is 11.3 Å². The monoisotopic (exact) mass is 427 g/mol. The van der Waals surface area contributed by atoms with Crippen molar-refractivity contribution in [3.05, 3.63) is 21.3 Å². The van der Waals surface area contributed by atoms with Gasteiger partial charge in [0.25, 0.3) is 0 Å². The molecule has 1 aromatic rings. The molecule has 28 heavy (non-hydrogen) atoms. The highest BCUT2D eigenvalue weighted by atomic mass is 35.5. The van der Waals surface area contributed by atoms with Gasteiger partial charge in [0.2, 0.25) is 5.91 Å². The van der Waals surface area contributed by atoms with E-state index in [0.29, 0.717) is 17.4 Å². The minimum Gasteiger partial charge on any atom is -0.386 e. The lowest BCUT2D eigenvalue weighted by Gasteiger charge is -2.36. The van der Waals surface area contributed by atoms with Crippen LogP contribution in [-0.4, -0.2) is 90.6 Å². The van der Waals surface area contributed by atoms with Crippen LogP contribution in [0.4, 0.5) is 0 Å². The van der Waals surface area contributed by atoms with Gasteiger partial charge >= 0.3 is 0 Å². The van der Waals surface area contributed by atoms with Gasteiger partial charge in [-0.25, -0.2) is 0 Å². The number of carbonyl (C=O) groups excluding carboxylic acids is 1. The fourth-order valence-corrected chi connectivity index (χ4v) is 4.61. The molecule has 1 atom stereocenters. The first-order chi connectivity index (χ1) is 13.6. The lowest BCUT2D eigenvalue weighted by molar-refractivity contribution is -0.131. The van der Waals surface area contributed by atoms with E-state index in [2.05, 4.69) is 20.1 Å². The molecule has 2 N–H and O–H groups in total. The Balaban J connectivity index is 1.50. The van der Waals surface area contributed by atoms with Gasteiger partial charge in [-0.05, 0) is 31.9 Å². The number of piperazine rings is 1. The number of rotatable bonds is 6. The van der Waals surface area contributed by atoms with Crippen molar-refractivity contribution in [3.63, 3.8) is 0 Å². The van der Waals surface area contributed by atoms with E-state index in [1.54, 1.807) is 6.07 Å². The van der Waals surface area contributed by atoms with Gasteiger partial charge in [0.05, 0.1) is 17.4 Å². The highest BCUT2D eigenvalue weighted by Gasteiger charge is 2.24. The normalized spacial score (nSPS) is 19.9. The van der Waals surface area contributed by atoms with Gasteiger partial charge in [0.15, 0.2) is 5.96 Å². The number of amides is 1. The number of aliphatic hydroxyl groups is 1. The number of hydrogen-bond acceptors (Lipinski definition) is 5. The number of hydrogen-bond donors (Lipinski definition) is 2. The Labute approximate surface area is 176 Å². The average molecular weight is 428 g/mol. The molecule has 2 saturated heterocycles. The molecule has 0 bridgehead atoms. The van der Waals surface area contributed by atoms with E-state index in [4.69, 9.17) is 11.6 Å². The Morgan fingerprint density at radius 3 is 2.54 bits per heavy atom. The third-order valence-corrected chi connectivity index (χ3v) is 6.49. The third-order valence-electron chi connectivity index (χ3n) is 5.16. The van der Waals surface area contributed by atoms with Crippen LogP contribution in [0.2, 0.25) is 4.34 Å². The summed E-state index contributed by atoms with van der Waals surface area (Å²) in [5.41, 5.74) is 0. The second-order valence-electron chi connectivity index (χ2n) is 7.20. The molecule has 0 aliphatic carbocycles. The molecular weight excluding hydrogens is 398 g/mol. The quantitative estimate of drug-likeness (QED) is 0.533. The summed E-state index contributed by atoms with van der Waals surface area (Å²) in [4.78, 5) is 24.2. The molecule has 0 saturated carbocycles. The van der Waals surface area contributed by atoms with Crippen molar-refractivity contribution >= 4 is 34.8 Å². The van der Waals surface area contributed by atoms with E-state index in [0.717, 1.165) is 69.5 Å². The number of halogens is 1. The first-order valence-electron chi connectivity index (χ1n) is 10.0. The maximum absolute atomic E-state index is 12.3. The number of carbonyl (C=O) groups is 1. The van der Waals surface area contributed by atoms with E-state index in [-0.39, 0.29) is 5.91 Å². The summed E-state index contributed by atoms with van der Waals surface area (Å²) in [5.74, 6) is 1.07. The minimum atomic E-state index is -0.648. The van der Waals surface area contributed by atoms with Gasteiger partial charge in [-0.15, -0.1) is 11.3 Å². The molecule has 2 aliphatic rings. The molecule has 2 fully saturated rings. The molecule has 0 aromatic carbocycles. The maximum atomic E-state index is 12.3. The van der Waals surface area contributed by atoms with Gasteiger partial charge in [-0.2, -0.15) is 0 Å². The van der Waals surface area contributed by atoms with E-state index < -0.39 is 6.10 Å². The number of nitrogens with one attached hydrogen (secondary N) is 1.